The highest BCUT2D eigenvalue weighted by Gasteiger charge is 2.35. The summed E-state index contributed by atoms with van der Waals surface area (Å²) < 4.78 is 5.30. The number of nitrogens with one attached hydrogen (secondary N) is 2. The van der Waals surface area contributed by atoms with Crippen molar-refractivity contribution in [1.29, 1.82) is 0 Å². The van der Waals surface area contributed by atoms with Crippen molar-refractivity contribution in [2.75, 3.05) is 19.6 Å². The lowest BCUT2D eigenvalue weighted by Gasteiger charge is -2.41. The normalized spacial score (nSPS) is 28.6. The van der Waals surface area contributed by atoms with Crippen LogP contribution in [0.15, 0.2) is 0 Å². The monoisotopic (exact) mass is 268 g/mol. The minimum absolute atomic E-state index is 0.279. The van der Waals surface area contributed by atoms with E-state index in [2.05, 4.69) is 10.6 Å². The minimum atomic E-state index is -0.411. The maximum Gasteiger partial charge on any atom is 0.407 e. The van der Waals surface area contributed by atoms with Crippen molar-refractivity contribution in [1.82, 2.24) is 10.6 Å². The number of rotatable bonds is 3. The Hall–Kier alpha value is -0.770. The average molecular weight is 268 g/mol. The molecule has 0 aromatic carbocycles. The second-order valence-corrected chi connectivity index (χ2v) is 6.99. The lowest BCUT2D eigenvalue weighted by molar-refractivity contribution is 0.0484. The summed E-state index contributed by atoms with van der Waals surface area (Å²) in [6, 6.07) is 0. The van der Waals surface area contributed by atoms with E-state index in [4.69, 9.17) is 4.74 Å². The molecule has 2 atom stereocenters. The lowest BCUT2D eigenvalue weighted by atomic mass is 9.68. The van der Waals surface area contributed by atoms with E-state index in [0.29, 0.717) is 5.92 Å². The van der Waals surface area contributed by atoms with Gasteiger partial charge in [0.05, 0.1) is 0 Å². The molecule has 2 rings (SSSR count). The van der Waals surface area contributed by atoms with E-state index in [1.165, 1.54) is 19.3 Å². The van der Waals surface area contributed by atoms with Crippen LogP contribution in [0.25, 0.3) is 0 Å². The van der Waals surface area contributed by atoms with E-state index >= 15 is 0 Å². The van der Waals surface area contributed by atoms with Crippen LogP contribution < -0.4 is 10.6 Å². The number of hydrogen-bond acceptors (Lipinski definition) is 3. The Balaban J connectivity index is 1.77. The predicted molar refractivity (Wildman–Crippen MR) is 76.0 cm³/mol. The quantitative estimate of drug-likeness (QED) is 0.827. The van der Waals surface area contributed by atoms with Crippen molar-refractivity contribution < 1.29 is 9.53 Å². The molecule has 2 N–H and O–H groups in total. The predicted octanol–water partition coefficient (Wildman–Crippen LogP) is 2.54. The van der Waals surface area contributed by atoms with Crippen LogP contribution in [0.1, 0.15) is 46.5 Å². The molecule has 110 valence electrons. The van der Waals surface area contributed by atoms with E-state index in [1.54, 1.807) is 0 Å². The Morgan fingerprint density at radius 1 is 1.32 bits per heavy atom. The Bertz CT molecular complexity index is 308. The third-order valence-electron chi connectivity index (χ3n) is 4.34. The SMILES string of the molecule is CC(C)(C)OC(=O)NCC1CCNCC1C1CCC1. The minimum Gasteiger partial charge on any atom is -0.444 e. The molecule has 1 aliphatic carbocycles. The number of piperidine rings is 1. The second-order valence-electron chi connectivity index (χ2n) is 6.99. The molecule has 0 radical (unpaired) electrons. The Morgan fingerprint density at radius 2 is 2.05 bits per heavy atom. The topological polar surface area (TPSA) is 50.4 Å². The highest BCUT2D eigenvalue weighted by molar-refractivity contribution is 5.67. The number of carbonyl (C=O) groups excluding carboxylic acids is 1. The van der Waals surface area contributed by atoms with Crippen LogP contribution in [0.2, 0.25) is 0 Å². The molecular formula is C15H28N2O2. The zero-order chi connectivity index (χ0) is 13.9. The molecule has 2 aliphatic rings. The molecule has 2 unspecified atom stereocenters. The summed E-state index contributed by atoms with van der Waals surface area (Å²) in [5, 5.41) is 6.45. The first-order chi connectivity index (χ1) is 8.96. The Morgan fingerprint density at radius 3 is 2.63 bits per heavy atom. The van der Waals surface area contributed by atoms with E-state index < -0.39 is 5.60 Å². The van der Waals surface area contributed by atoms with Crippen molar-refractivity contribution >= 4 is 6.09 Å². The second kappa shape index (κ2) is 6.12. The van der Waals surface area contributed by atoms with Crippen LogP contribution >= 0.6 is 0 Å². The van der Waals surface area contributed by atoms with Gasteiger partial charge < -0.3 is 15.4 Å². The van der Waals surface area contributed by atoms with Gasteiger partial charge in [0.15, 0.2) is 0 Å². The van der Waals surface area contributed by atoms with Gasteiger partial charge in [0.2, 0.25) is 0 Å². The van der Waals surface area contributed by atoms with Crippen LogP contribution in [-0.2, 0) is 4.74 Å². The first-order valence-electron chi connectivity index (χ1n) is 7.63. The van der Waals surface area contributed by atoms with Crippen LogP contribution in [0.3, 0.4) is 0 Å². The van der Waals surface area contributed by atoms with E-state index in [9.17, 15) is 4.79 Å². The molecule has 2 fully saturated rings. The molecule has 1 saturated carbocycles. The fourth-order valence-electron chi connectivity index (χ4n) is 3.14. The number of ether oxygens (including phenoxy) is 1. The number of amides is 1. The zero-order valence-corrected chi connectivity index (χ0v) is 12.5. The fraction of sp³-hybridized carbons (Fsp3) is 0.933. The van der Waals surface area contributed by atoms with Gasteiger partial charge in [0, 0.05) is 6.54 Å². The summed E-state index contributed by atoms with van der Waals surface area (Å²) in [6.45, 7) is 8.64. The van der Waals surface area contributed by atoms with E-state index in [1.807, 2.05) is 20.8 Å². The molecule has 1 amide bonds. The van der Waals surface area contributed by atoms with Gasteiger partial charge in [-0.3, -0.25) is 0 Å². The molecule has 1 aliphatic heterocycles. The van der Waals surface area contributed by atoms with E-state index in [0.717, 1.165) is 37.9 Å². The smallest absolute Gasteiger partial charge is 0.407 e. The maximum atomic E-state index is 11.7. The third-order valence-corrected chi connectivity index (χ3v) is 4.34. The van der Waals surface area contributed by atoms with Gasteiger partial charge >= 0.3 is 6.09 Å². The molecule has 0 aromatic heterocycles. The first kappa shape index (κ1) is 14.6. The van der Waals surface area contributed by atoms with Crippen molar-refractivity contribution in [3.8, 4) is 0 Å². The van der Waals surface area contributed by atoms with Crippen molar-refractivity contribution in [2.45, 2.75) is 52.1 Å². The molecule has 1 heterocycles. The molecule has 1 saturated heterocycles. The molecule has 0 bridgehead atoms. The molecular weight excluding hydrogens is 240 g/mol. The summed E-state index contributed by atoms with van der Waals surface area (Å²) in [5.41, 5.74) is -0.411. The molecule has 4 heteroatoms. The molecule has 4 nitrogen and oxygen atoms in total. The summed E-state index contributed by atoms with van der Waals surface area (Å²) in [4.78, 5) is 11.7. The summed E-state index contributed by atoms with van der Waals surface area (Å²) >= 11 is 0. The van der Waals surface area contributed by atoms with Gasteiger partial charge in [-0.25, -0.2) is 4.79 Å². The molecule has 0 aromatic rings. The van der Waals surface area contributed by atoms with Gasteiger partial charge in [0.25, 0.3) is 0 Å². The van der Waals surface area contributed by atoms with Gasteiger partial charge in [-0.2, -0.15) is 0 Å². The Kier molecular flexibility index (Phi) is 4.71. The van der Waals surface area contributed by atoms with Crippen molar-refractivity contribution in [2.24, 2.45) is 17.8 Å². The van der Waals surface area contributed by atoms with Crippen molar-refractivity contribution in [3.63, 3.8) is 0 Å². The summed E-state index contributed by atoms with van der Waals surface area (Å²) in [5.74, 6) is 2.22. The summed E-state index contributed by atoms with van der Waals surface area (Å²) in [6.07, 6.45) is 5.01. The van der Waals surface area contributed by atoms with Crippen LogP contribution in [0.5, 0.6) is 0 Å². The maximum absolute atomic E-state index is 11.7. The number of hydrogen-bond donors (Lipinski definition) is 2. The zero-order valence-electron chi connectivity index (χ0n) is 12.5. The largest absolute Gasteiger partial charge is 0.444 e. The van der Waals surface area contributed by atoms with Gasteiger partial charge in [-0.05, 0) is 58.0 Å². The number of alkyl carbamates (subject to hydrolysis) is 1. The standard InChI is InChI=1S/C15H28N2O2/c1-15(2,3)19-14(18)17-9-12-7-8-16-10-13(12)11-5-4-6-11/h11-13,16H,4-10H2,1-3H3,(H,17,18). The van der Waals surface area contributed by atoms with E-state index in [-0.39, 0.29) is 6.09 Å². The van der Waals surface area contributed by atoms with Crippen LogP contribution in [-0.4, -0.2) is 31.3 Å². The Labute approximate surface area is 116 Å². The van der Waals surface area contributed by atoms with Gasteiger partial charge in [0.1, 0.15) is 5.60 Å². The fourth-order valence-corrected chi connectivity index (χ4v) is 3.14. The highest BCUT2D eigenvalue weighted by atomic mass is 16.6. The third kappa shape index (κ3) is 4.37. The molecule has 0 spiro atoms. The van der Waals surface area contributed by atoms with Crippen molar-refractivity contribution in [3.05, 3.63) is 0 Å². The average Bonchev–Trinajstić information content (AvgIpc) is 2.23. The number of carbonyl (C=O) groups is 1. The lowest BCUT2D eigenvalue weighted by Crippen LogP contribution is -2.47. The van der Waals surface area contributed by atoms with Crippen LogP contribution in [0.4, 0.5) is 4.79 Å². The molecule has 19 heavy (non-hydrogen) atoms. The van der Waals surface area contributed by atoms with Gasteiger partial charge in [-0.15, -0.1) is 0 Å². The summed E-state index contributed by atoms with van der Waals surface area (Å²) in [7, 11) is 0. The first-order valence-corrected chi connectivity index (χ1v) is 7.63. The van der Waals surface area contributed by atoms with Gasteiger partial charge in [-0.1, -0.05) is 19.3 Å². The van der Waals surface area contributed by atoms with Crippen LogP contribution in [0, 0.1) is 17.8 Å². The highest BCUT2D eigenvalue weighted by Crippen LogP contribution is 2.38.